The average Bonchev–Trinajstić information content (AvgIpc) is 3.12. The first kappa shape index (κ1) is 21.0. The van der Waals surface area contributed by atoms with Crippen molar-refractivity contribution in [3.63, 3.8) is 0 Å². The quantitative estimate of drug-likeness (QED) is 0.449. The molecule has 0 spiro atoms. The van der Waals surface area contributed by atoms with E-state index in [4.69, 9.17) is 4.74 Å². The van der Waals surface area contributed by atoms with Gasteiger partial charge in [-0.1, -0.05) is 31.9 Å². The van der Waals surface area contributed by atoms with Gasteiger partial charge >= 0.3 is 5.97 Å². The summed E-state index contributed by atoms with van der Waals surface area (Å²) >= 11 is 1.34. The van der Waals surface area contributed by atoms with Crippen molar-refractivity contribution in [1.82, 2.24) is 9.88 Å². The highest BCUT2D eigenvalue weighted by Gasteiger charge is 2.18. The highest BCUT2D eigenvalue weighted by atomic mass is 32.1. The van der Waals surface area contributed by atoms with Crippen molar-refractivity contribution in [1.29, 1.82) is 0 Å². The van der Waals surface area contributed by atoms with Gasteiger partial charge < -0.3 is 9.64 Å². The third kappa shape index (κ3) is 6.75. The van der Waals surface area contributed by atoms with Gasteiger partial charge in [-0.25, -0.2) is 14.2 Å². The van der Waals surface area contributed by atoms with Crippen LogP contribution in [-0.4, -0.2) is 34.9 Å². The number of halogens is 1. The molecule has 0 aliphatic heterocycles. The molecule has 0 atom stereocenters. The second kappa shape index (κ2) is 10.8. The van der Waals surface area contributed by atoms with Gasteiger partial charge in [0.1, 0.15) is 10.8 Å². The van der Waals surface area contributed by atoms with Crippen LogP contribution in [0.2, 0.25) is 0 Å². The minimum absolute atomic E-state index is 0.0365. The summed E-state index contributed by atoms with van der Waals surface area (Å²) in [5, 5.41) is 2.35. The Morgan fingerprint density at radius 3 is 2.59 bits per heavy atom. The van der Waals surface area contributed by atoms with Gasteiger partial charge in [0, 0.05) is 11.9 Å². The van der Waals surface area contributed by atoms with Gasteiger partial charge in [-0.3, -0.25) is 4.79 Å². The first-order valence-corrected chi connectivity index (χ1v) is 10.0. The maximum atomic E-state index is 13.1. The van der Waals surface area contributed by atoms with E-state index in [9.17, 15) is 14.0 Å². The number of carbonyl (C=O) groups excluding carboxylic acids is 2. The minimum Gasteiger partial charge on any atom is -0.461 e. The van der Waals surface area contributed by atoms with E-state index in [0.717, 1.165) is 24.8 Å². The van der Waals surface area contributed by atoms with Crippen LogP contribution in [0.1, 0.15) is 54.2 Å². The number of aromatic nitrogens is 1. The van der Waals surface area contributed by atoms with Crippen LogP contribution >= 0.6 is 11.3 Å². The number of carbonyl (C=O) groups is 2. The molecule has 2 aromatic rings. The maximum absolute atomic E-state index is 13.1. The Morgan fingerprint density at radius 1 is 1.19 bits per heavy atom. The van der Waals surface area contributed by atoms with Crippen LogP contribution in [0.3, 0.4) is 0 Å². The summed E-state index contributed by atoms with van der Waals surface area (Å²) in [5.74, 6) is -0.805. The topological polar surface area (TPSA) is 59.5 Å². The number of unbranched alkanes of at least 4 members (excludes halogenated alkanes) is 2. The van der Waals surface area contributed by atoms with Crippen LogP contribution in [0.4, 0.5) is 4.39 Å². The fraction of sp³-hybridized carbons (Fsp3) is 0.450. The van der Waals surface area contributed by atoms with Crippen LogP contribution in [0.15, 0.2) is 29.6 Å². The zero-order valence-electron chi connectivity index (χ0n) is 15.7. The third-order valence-corrected chi connectivity index (χ3v) is 4.85. The van der Waals surface area contributed by atoms with Gasteiger partial charge in [0.2, 0.25) is 5.91 Å². The molecule has 7 heteroatoms. The van der Waals surface area contributed by atoms with E-state index in [1.165, 1.54) is 23.5 Å². The fourth-order valence-electron chi connectivity index (χ4n) is 2.58. The molecule has 0 aliphatic carbocycles. The number of esters is 1. The van der Waals surface area contributed by atoms with E-state index in [0.29, 0.717) is 24.7 Å². The summed E-state index contributed by atoms with van der Waals surface area (Å²) in [5.41, 5.74) is 1.05. The standard InChI is InChI=1S/C20H25FN2O3S/c1-3-5-6-11-23(19(24)12-15-7-9-16(21)10-8-15)13-18-22-17(14-27-18)20(25)26-4-2/h7-10,14H,3-6,11-13H2,1-2H3. The number of rotatable bonds is 10. The molecule has 0 N–H and O–H groups in total. The van der Waals surface area contributed by atoms with Gasteiger partial charge in [0.25, 0.3) is 0 Å². The van der Waals surface area contributed by atoms with Gasteiger partial charge in [-0.15, -0.1) is 11.3 Å². The summed E-state index contributed by atoms with van der Waals surface area (Å²) in [6, 6.07) is 5.96. The Kier molecular flexibility index (Phi) is 8.39. The SMILES string of the molecule is CCCCCN(Cc1nc(C(=O)OCC)cs1)C(=O)Cc1ccc(F)cc1. The fourth-order valence-corrected chi connectivity index (χ4v) is 3.36. The molecular formula is C20H25FN2O3S. The summed E-state index contributed by atoms with van der Waals surface area (Å²) in [4.78, 5) is 30.6. The van der Waals surface area contributed by atoms with Crippen LogP contribution in [0.25, 0.3) is 0 Å². The van der Waals surface area contributed by atoms with E-state index < -0.39 is 5.97 Å². The Labute approximate surface area is 163 Å². The molecule has 146 valence electrons. The minimum atomic E-state index is -0.449. The number of benzene rings is 1. The average molecular weight is 392 g/mol. The number of amides is 1. The molecule has 0 fully saturated rings. The van der Waals surface area contributed by atoms with Crippen LogP contribution in [0.5, 0.6) is 0 Å². The molecule has 2 rings (SSSR count). The number of hydrogen-bond acceptors (Lipinski definition) is 5. The lowest BCUT2D eigenvalue weighted by Crippen LogP contribution is -2.32. The van der Waals surface area contributed by atoms with Crippen molar-refractivity contribution in [2.45, 2.75) is 46.1 Å². The van der Waals surface area contributed by atoms with Gasteiger partial charge in [0.15, 0.2) is 5.69 Å². The van der Waals surface area contributed by atoms with Crippen LogP contribution in [-0.2, 0) is 22.5 Å². The van der Waals surface area contributed by atoms with Crippen molar-refractivity contribution < 1.29 is 18.7 Å². The Bertz CT molecular complexity index is 746. The number of hydrogen-bond donors (Lipinski definition) is 0. The number of thiazole rings is 1. The van der Waals surface area contributed by atoms with Crippen molar-refractivity contribution >= 4 is 23.2 Å². The molecule has 1 aromatic heterocycles. The smallest absolute Gasteiger partial charge is 0.357 e. The van der Waals surface area contributed by atoms with E-state index in [1.807, 2.05) is 0 Å². The molecule has 1 amide bonds. The zero-order valence-corrected chi connectivity index (χ0v) is 16.6. The summed E-state index contributed by atoms with van der Waals surface area (Å²) in [6.07, 6.45) is 3.21. The lowest BCUT2D eigenvalue weighted by atomic mass is 10.1. The third-order valence-electron chi connectivity index (χ3n) is 4.02. The molecule has 0 saturated heterocycles. The second-order valence-electron chi connectivity index (χ2n) is 6.17. The van der Waals surface area contributed by atoms with E-state index >= 15 is 0 Å². The molecule has 0 aliphatic rings. The molecule has 0 unspecified atom stereocenters. The summed E-state index contributed by atoms with van der Waals surface area (Å²) in [6.45, 7) is 5.13. The highest BCUT2D eigenvalue weighted by molar-refractivity contribution is 7.09. The zero-order chi connectivity index (χ0) is 19.6. The molecular weight excluding hydrogens is 367 g/mol. The number of ether oxygens (including phenoxy) is 1. The van der Waals surface area contributed by atoms with E-state index in [-0.39, 0.29) is 23.8 Å². The van der Waals surface area contributed by atoms with Crippen molar-refractivity contribution in [3.8, 4) is 0 Å². The molecule has 27 heavy (non-hydrogen) atoms. The van der Waals surface area contributed by atoms with Crippen molar-refractivity contribution in [2.75, 3.05) is 13.2 Å². The van der Waals surface area contributed by atoms with E-state index in [1.54, 1.807) is 29.3 Å². The van der Waals surface area contributed by atoms with Crippen LogP contribution < -0.4 is 0 Å². The monoisotopic (exact) mass is 392 g/mol. The van der Waals surface area contributed by atoms with Gasteiger partial charge in [-0.2, -0.15) is 0 Å². The predicted molar refractivity (Wildman–Crippen MR) is 103 cm³/mol. The van der Waals surface area contributed by atoms with Gasteiger partial charge in [0.05, 0.1) is 19.6 Å². The molecule has 1 aromatic carbocycles. The predicted octanol–water partition coefficient (Wildman–Crippen LogP) is 4.22. The highest BCUT2D eigenvalue weighted by Crippen LogP contribution is 2.16. The molecule has 1 heterocycles. The van der Waals surface area contributed by atoms with Crippen molar-refractivity contribution in [2.24, 2.45) is 0 Å². The lowest BCUT2D eigenvalue weighted by Gasteiger charge is -2.22. The Balaban J connectivity index is 2.05. The molecule has 5 nitrogen and oxygen atoms in total. The first-order valence-electron chi connectivity index (χ1n) is 9.17. The largest absolute Gasteiger partial charge is 0.461 e. The normalized spacial score (nSPS) is 10.6. The first-order chi connectivity index (χ1) is 13.0. The summed E-state index contributed by atoms with van der Waals surface area (Å²) in [7, 11) is 0. The Hall–Kier alpha value is -2.28. The molecule has 0 saturated carbocycles. The van der Waals surface area contributed by atoms with Gasteiger partial charge in [-0.05, 0) is 31.0 Å². The van der Waals surface area contributed by atoms with Crippen molar-refractivity contribution in [3.05, 3.63) is 51.7 Å². The lowest BCUT2D eigenvalue weighted by molar-refractivity contribution is -0.131. The molecule has 0 bridgehead atoms. The number of nitrogens with zero attached hydrogens (tertiary/aromatic N) is 2. The maximum Gasteiger partial charge on any atom is 0.357 e. The van der Waals surface area contributed by atoms with Crippen LogP contribution in [0, 0.1) is 5.82 Å². The Morgan fingerprint density at radius 2 is 1.93 bits per heavy atom. The second-order valence-corrected chi connectivity index (χ2v) is 7.12. The van der Waals surface area contributed by atoms with E-state index in [2.05, 4.69) is 11.9 Å². The molecule has 0 radical (unpaired) electrons. The summed E-state index contributed by atoms with van der Waals surface area (Å²) < 4.78 is 18.0.